The topological polar surface area (TPSA) is 56.8 Å². The third-order valence-corrected chi connectivity index (χ3v) is 2.70. The summed E-state index contributed by atoms with van der Waals surface area (Å²) in [6.07, 6.45) is -0.410. The Morgan fingerprint density at radius 2 is 2.00 bits per heavy atom. The molecule has 5 heteroatoms. The molecule has 0 spiro atoms. The van der Waals surface area contributed by atoms with Crippen molar-refractivity contribution in [1.29, 1.82) is 0 Å². The lowest BCUT2D eigenvalue weighted by molar-refractivity contribution is 0.151. The first-order chi connectivity index (χ1) is 8.70. The van der Waals surface area contributed by atoms with Crippen LogP contribution in [0.4, 0.5) is 4.79 Å². The zero-order chi connectivity index (χ0) is 13.0. The van der Waals surface area contributed by atoms with Crippen molar-refractivity contribution in [2.45, 2.75) is 20.4 Å². The summed E-state index contributed by atoms with van der Waals surface area (Å²) in [6, 6.07) is 3.83. The number of nitrogens with one attached hydrogen (secondary N) is 1. The molecule has 0 saturated carbocycles. The third kappa shape index (κ3) is 2.85. The number of aryl methyl sites for hydroxylation is 1. The fourth-order valence-electron chi connectivity index (χ4n) is 1.77. The molecule has 0 atom stereocenters. The molecule has 0 aliphatic carbocycles. The van der Waals surface area contributed by atoms with Crippen molar-refractivity contribution in [3.63, 3.8) is 0 Å². The SMILES string of the molecule is CCOC(=O)NCc1cc2c(cc1C)OCCO2. The minimum atomic E-state index is -0.410. The van der Waals surface area contributed by atoms with Crippen LogP contribution in [-0.2, 0) is 11.3 Å². The van der Waals surface area contributed by atoms with E-state index in [0.717, 1.165) is 22.6 Å². The predicted octanol–water partition coefficient (Wildman–Crippen LogP) is 2.01. The largest absolute Gasteiger partial charge is 0.486 e. The van der Waals surface area contributed by atoms with E-state index in [1.54, 1.807) is 6.92 Å². The van der Waals surface area contributed by atoms with Gasteiger partial charge in [0.25, 0.3) is 0 Å². The van der Waals surface area contributed by atoms with Crippen LogP contribution in [0.25, 0.3) is 0 Å². The number of carbonyl (C=O) groups excluding carboxylic acids is 1. The van der Waals surface area contributed by atoms with Gasteiger partial charge in [0.15, 0.2) is 11.5 Å². The van der Waals surface area contributed by atoms with Crippen molar-refractivity contribution in [3.8, 4) is 11.5 Å². The molecule has 1 aromatic carbocycles. The maximum absolute atomic E-state index is 11.2. The fourth-order valence-corrected chi connectivity index (χ4v) is 1.77. The number of ether oxygens (including phenoxy) is 3. The zero-order valence-electron chi connectivity index (χ0n) is 10.6. The molecule has 0 fully saturated rings. The Bertz CT molecular complexity index is 445. The van der Waals surface area contributed by atoms with Crippen molar-refractivity contribution in [3.05, 3.63) is 23.3 Å². The summed E-state index contributed by atoms with van der Waals surface area (Å²) in [6.45, 7) is 5.66. The smallest absolute Gasteiger partial charge is 0.407 e. The molecule has 1 amide bonds. The lowest BCUT2D eigenvalue weighted by Gasteiger charge is -2.20. The Kier molecular flexibility index (Phi) is 3.92. The molecule has 1 aliphatic rings. The molecule has 0 radical (unpaired) electrons. The van der Waals surface area contributed by atoms with E-state index in [1.165, 1.54) is 0 Å². The summed E-state index contributed by atoms with van der Waals surface area (Å²) in [7, 11) is 0. The van der Waals surface area contributed by atoms with Crippen LogP contribution in [0.3, 0.4) is 0 Å². The van der Waals surface area contributed by atoms with Gasteiger partial charge in [-0.2, -0.15) is 0 Å². The van der Waals surface area contributed by atoms with Gasteiger partial charge in [-0.1, -0.05) is 0 Å². The molecule has 98 valence electrons. The Morgan fingerprint density at radius 3 is 2.67 bits per heavy atom. The van der Waals surface area contributed by atoms with E-state index in [4.69, 9.17) is 14.2 Å². The summed E-state index contributed by atoms with van der Waals surface area (Å²) in [4.78, 5) is 11.2. The number of benzene rings is 1. The van der Waals surface area contributed by atoms with Gasteiger partial charge in [0.05, 0.1) is 6.61 Å². The van der Waals surface area contributed by atoms with Crippen LogP contribution in [0, 0.1) is 6.92 Å². The minimum Gasteiger partial charge on any atom is -0.486 e. The monoisotopic (exact) mass is 251 g/mol. The summed E-state index contributed by atoms with van der Waals surface area (Å²) in [5.41, 5.74) is 2.04. The summed E-state index contributed by atoms with van der Waals surface area (Å²) in [5.74, 6) is 1.49. The van der Waals surface area contributed by atoms with Crippen LogP contribution >= 0.6 is 0 Å². The standard InChI is InChI=1S/C13H17NO4/c1-3-16-13(15)14-8-10-7-12-11(6-9(10)2)17-4-5-18-12/h6-7H,3-5,8H2,1-2H3,(H,14,15). The van der Waals surface area contributed by atoms with Gasteiger partial charge in [0.1, 0.15) is 13.2 Å². The quantitative estimate of drug-likeness (QED) is 0.892. The van der Waals surface area contributed by atoms with Gasteiger partial charge in [-0.3, -0.25) is 0 Å². The van der Waals surface area contributed by atoms with E-state index in [-0.39, 0.29) is 0 Å². The maximum atomic E-state index is 11.2. The second-order valence-electron chi connectivity index (χ2n) is 4.00. The minimum absolute atomic E-state index is 0.367. The maximum Gasteiger partial charge on any atom is 0.407 e. The van der Waals surface area contributed by atoms with E-state index in [2.05, 4.69) is 5.32 Å². The zero-order valence-corrected chi connectivity index (χ0v) is 10.6. The molecule has 1 heterocycles. The Labute approximate surface area is 106 Å². The lowest BCUT2D eigenvalue weighted by atomic mass is 10.1. The average Bonchev–Trinajstić information content (AvgIpc) is 2.36. The van der Waals surface area contributed by atoms with E-state index >= 15 is 0 Å². The Morgan fingerprint density at radius 1 is 1.33 bits per heavy atom. The number of carbonyl (C=O) groups is 1. The molecule has 5 nitrogen and oxygen atoms in total. The van der Waals surface area contributed by atoms with Gasteiger partial charge in [-0.05, 0) is 37.1 Å². The first kappa shape index (κ1) is 12.5. The van der Waals surface area contributed by atoms with E-state index < -0.39 is 6.09 Å². The van der Waals surface area contributed by atoms with Crippen molar-refractivity contribution in [2.75, 3.05) is 19.8 Å². The van der Waals surface area contributed by atoms with E-state index in [0.29, 0.717) is 26.4 Å². The molecule has 0 bridgehead atoms. The molecule has 18 heavy (non-hydrogen) atoms. The predicted molar refractivity (Wildman–Crippen MR) is 66.0 cm³/mol. The van der Waals surface area contributed by atoms with Gasteiger partial charge in [0, 0.05) is 6.54 Å². The Hall–Kier alpha value is -1.91. The molecule has 0 saturated heterocycles. The van der Waals surface area contributed by atoms with Crippen molar-refractivity contribution < 1.29 is 19.0 Å². The van der Waals surface area contributed by atoms with Crippen molar-refractivity contribution in [2.24, 2.45) is 0 Å². The lowest BCUT2D eigenvalue weighted by Crippen LogP contribution is -2.24. The number of amides is 1. The molecule has 1 N–H and O–H groups in total. The fraction of sp³-hybridized carbons (Fsp3) is 0.462. The number of hydrogen-bond donors (Lipinski definition) is 1. The summed E-state index contributed by atoms with van der Waals surface area (Å²) < 4.78 is 15.8. The van der Waals surface area contributed by atoms with E-state index in [1.807, 2.05) is 19.1 Å². The number of hydrogen-bond acceptors (Lipinski definition) is 4. The number of rotatable bonds is 3. The molecule has 1 aliphatic heterocycles. The molecular weight excluding hydrogens is 234 g/mol. The van der Waals surface area contributed by atoms with Gasteiger partial charge in [0.2, 0.25) is 0 Å². The normalized spacial score (nSPS) is 13.0. The van der Waals surface area contributed by atoms with Crippen LogP contribution in [-0.4, -0.2) is 25.9 Å². The highest BCUT2D eigenvalue weighted by atomic mass is 16.6. The van der Waals surface area contributed by atoms with Crippen molar-refractivity contribution in [1.82, 2.24) is 5.32 Å². The van der Waals surface area contributed by atoms with Gasteiger partial charge in [-0.15, -0.1) is 0 Å². The average molecular weight is 251 g/mol. The van der Waals surface area contributed by atoms with Crippen LogP contribution in [0.15, 0.2) is 12.1 Å². The van der Waals surface area contributed by atoms with Crippen molar-refractivity contribution >= 4 is 6.09 Å². The molecule has 1 aromatic rings. The summed E-state index contributed by atoms with van der Waals surface area (Å²) in [5, 5.41) is 2.69. The van der Waals surface area contributed by atoms with E-state index in [9.17, 15) is 4.79 Å². The highest BCUT2D eigenvalue weighted by Crippen LogP contribution is 2.32. The van der Waals surface area contributed by atoms with Gasteiger partial charge < -0.3 is 19.5 Å². The third-order valence-electron chi connectivity index (χ3n) is 2.70. The first-order valence-corrected chi connectivity index (χ1v) is 6.00. The van der Waals surface area contributed by atoms with Gasteiger partial charge in [-0.25, -0.2) is 4.79 Å². The highest BCUT2D eigenvalue weighted by molar-refractivity contribution is 5.67. The second-order valence-corrected chi connectivity index (χ2v) is 4.00. The van der Waals surface area contributed by atoms with Gasteiger partial charge >= 0.3 is 6.09 Å². The molecular formula is C13H17NO4. The molecule has 0 unspecified atom stereocenters. The summed E-state index contributed by atoms with van der Waals surface area (Å²) >= 11 is 0. The molecule has 0 aromatic heterocycles. The second kappa shape index (κ2) is 5.62. The van der Waals surface area contributed by atoms with Crippen LogP contribution in [0.5, 0.6) is 11.5 Å². The molecule has 2 rings (SSSR count). The first-order valence-electron chi connectivity index (χ1n) is 6.00. The van der Waals surface area contributed by atoms with Crippen LogP contribution in [0.2, 0.25) is 0 Å². The Balaban J connectivity index is 2.06. The van der Waals surface area contributed by atoms with Crippen LogP contribution in [0.1, 0.15) is 18.1 Å². The number of fused-ring (bicyclic) bond motifs is 1. The number of alkyl carbamates (subject to hydrolysis) is 1. The highest BCUT2D eigenvalue weighted by Gasteiger charge is 2.14. The van der Waals surface area contributed by atoms with Crippen LogP contribution < -0.4 is 14.8 Å².